The van der Waals surface area contributed by atoms with E-state index in [0.29, 0.717) is 5.82 Å². The summed E-state index contributed by atoms with van der Waals surface area (Å²) in [5, 5.41) is 2.63. The maximum absolute atomic E-state index is 5.35. The van der Waals surface area contributed by atoms with Crippen molar-refractivity contribution in [3.05, 3.63) is 222 Å². The molecule has 0 radical (unpaired) electrons. The van der Waals surface area contributed by atoms with Gasteiger partial charge in [-0.1, -0.05) is 164 Å². The molecular weight excluding hydrogens is 723 g/mol. The molecule has 0 aliphatic heterocycles. The first-order chi connectivity index (χ1) is 28.7. The Balaban J connectivity index is 1.11. The fourth-order valence-corrected chi connectivity index (χ4v) is 10.7. The van der Waals surface area contributed by atoms with Gasteiger partial charge in [-0.25, -0.2) is 9.97 Å². The van der Waals surface area contributed by atoms with Crippen molar-refractivity contribution in [2.24, 2.45) is 0 Å². The van der Waals surface area contributed by atoms with E-state index in [1.165, 1.54) is 64.7 Å². The Hall–Kier alpha value is -7.27. The number of rotatable bonds is 4. The molecule has 12 rings (SSSR count). The van der Waals surface area contributed by atoms with Crippen molar-refractivity contribution in [1.82, 2.24) is 15.0 Å². The molecule has 3 heterocycles. The largest absolute Gasteiger partial charge is 0.264 e. The van der Waals surface area contributed by atoms with Gasteiger partial charge in [0.25, 0.3) is 0 Å². The Kier molecular flexibility index (Phi) is 7.31. The lowest BCUT2D eigenvalue weighted by atomic mass is 9.65. The van der Waals surface area contributed by atoms with Crippen LogP contribution in [0.3, 0.4) is 0 Å². The maximum atomic E-state index is 5.35. The molecule has 1 atom stereocenters. The van der Waals surface area contributed by atoms with Gasteiger partial charge in [-0.3, -0.25) is 4.98 Å². The predicted molar refractivity (Wildman–Crippen MR) is 241 cm³/mol. The van der Waals surface area contributed by atoms with Crippen molar-refractivity contribution in [1.29, 1.82) is 0 Å². The minimum Gasteiger partial charge on any atom is -0.264 e. The molecule has 7 aromatic carbocycles. The summed E-state index contributed by atoms with van der Waals surface area (Å²) in [6.07, 6.45) is 8.29. The minimum atomic E-state index is -0.567. The van der Waals surface area contributed by atoms with Crippen LogP contribution in [0.5, 0.6) is 0 Å². The summed E-state index contributed by atoms with van der Waals surface area (Å²) in [5.41, 5.74) is 16.7. The van der Waals surface area contributed by atoms with E-state index in [1.807, 2.05) is 29.7 Å². The Morgan fingerprint density at radius 3 is 1.97 bits per heavy atom. The number of pyridine rings is 1. The molecule has 1 unspecified atom stereocenters. The number of nitrogens with zero attached hydrogens (tertiary/aromatic N) is 3. The van der Waals surface area contributed by atoms with Crippen LogP contribution in [0.15, 0.2) is 188 Å². The SMILES string of the molecule is C1=Cc2ccc(-c3cc(-c4ccccc4)nc(-c4ccc(-c5cccnc5)cc4)n3)cc2C2(c3ccccc31)c1ccccc1-c1c2ccc2c1sc1ccccc12. The molecule has 0 saturated carbocycles. The minimum absolute atomic E-state index is 0.567. The standard InChI is InChI=1S/C54H33N3S/c1-2-12-37(13-3-1)48-32-49(57-53(56-48)38-25-20-34(21-26-38)40-14-10-30-55-33-40)39-27-24-36-23-22-35-11-4-7-17-44(35)54(47(36)31-39)45-18-8-5-16-43(45)51-46(54)29-28-42-41-15-6-9-19-50(41)58-52(42)51/h1-33H. The Bertz CT molecular complexity index is 3270. The van der Waals surface area contributed by atoms with E-state index in [1.54, 1.807) is 6.20 Å². The van der Waals surface area contributed by atoms with Crippen LogP contribution >= 0.6 is 11.3 Å². The first-order valence-corrected chi connectivity index (χ1v) is 20.5. The van der Waals surface area contributed by atoms with Gasteiger partial charge >= 0.3 is 0 Å². The van der Waals surface area contributed by atoms with Crippen LogP contribution < -0.4 is 0 Å². The second kappa shape index (κ2) is 12.9. The Morgan fingerprint density at radius 1 is 0.431 bits per heavy atom. The first kappa shape index (κ1) is 32.9. The van der Waals surface area contributed by atoms with Gasteiger partial charge in [0.2, 0.25) is 0 Å². The molecule has 3 nitrogen and oxygen atoms in total. The molecule has 0 N–H and O–H groups in total. The lowest BCUT2D eigenvalue weighted by Crippen LogP contribution is -2.30. The molecule has 4 heteroatoms. The third kappa shape index (κ3) is 4.89. The topological polar surface area (TPSA) is 38.7 Å². The van der Waals surface area contributed by atoms with E-state index in [9.17, 15) is 0 Å². The summed E-state index contributed by atoms with van der Waals surface area (Å²) in [6, 6.07) is 63.7. The van der Waals surface area contributed by atoms with Gasteiger partial charge in [0.05, 0.1) is 16.8 Å². The lowest BCUT2D eigenvalue weighted by molar-refractivity contribution is 0.767. The average molecular weight is 756 g/mol. The smallest absolute Gasteiger partial charge is 0.160 e. The number of hydrogen-bond acceptors (Lipinski definition) is 4. The number of aromatic nitrogens is 3. The second-order valence-corrected chi connectivity index (χ2v) is 16.2. The molecule has 2 aliphatic rings. The van der Waals surface area contributed by atoms with E-state index in [-0.39, 0.29) is 0 Å². The number of thiophene rings is 1. The average Bonchev–Trinajstić information content (AvgIpc) is 3.78. The fourth-order valence-electron chi connectivity index (χ4n) is 9.44. The summed E-state index contributed by atoms with van der Waals surface area (Å²) in [5.74, 6) is 0.688. The molecular formula is C54H33N3S. The summed E-state index contributed by atoms with van der Waals surface area (Å²) >= 11 is 1.91. The van der Waals surface area contributed by atoms with Gasteiger partial charge in [0.15, 0.2) is 5.82 Å². The highest BCUT2D eigenvalue weighted by Crippen LogP contribution is 2.61. The summed E-state index contributed by atoms with van der Waals surface area (Å²) in [6.45, 7) is 0. The van der Waals surface area contributed by atoms with Crippen LogP contribution in [0.25, 0.3) is 88.5 Å². The maximum Gasteiger partial charge on any atom is 0.160 e. The van der Waals surface area contributed by atoms with Crippen molar-refractivity contribution in [2.45, 2.75) is 5.41 Å². The van der Waals surface area contributed by atoms with Gasteiger partial charge in [-0.05, 0) is 74.3 Å². The highest BCUT2D eigenvalue weighted by atomic mass is 32.1. The molecule has 270 valence electrons. The van der Waals surface area contributed by atoms with Crippen LogP contribution in [0.1, 0.15) is 33.4 Å². The number of benzene rings is 7. The van der Waals surface area contributed by atoms with Crippen molar-refractivity contribution in [2.75, 3.05) is 0 Å². The van der Waals surface area contributed by atoms with Crippen LogP contribution in [0.2, 0.25) is 0 Å². The van der Waals surface area contributed by atoms with E-state index in [0.717, 1.165) is 39.2 Å². The zero-order chi connectivity index (χ0) is 38.2. The van der Waals surface area contributed by atoms with Crippen molar-refractivity contribution < 1.29 is 0 Å². The molecule has 10 aromatic rings. The molecule has 0 saturated heterocycles. The molecule has 0 bridgehead atoms. The molecule has 0 fully saturated rings. The van der Waals surface area contributed by atoms with Crippen molar-refractivity contribution in [3.8, 4) is 56.2 Å². The van der Waals surface area contributed by atoms with E-state index in [2.05, 4.69) is 181 Å². The van der Waals surface area contributed by atoms with Gasteiger partial charge in [-0.15, -0.1) is 11.3 Å². The molecule has 0 amide bonds. The Morgan fingerprint density at radius 2 is 1.12 bits per heavy atom. The van der Waals surface area contributed by atoms with Gasteiger partial charge in [0, 0.05) is 54.8 Å². The third-order valence-corrected chi connectivity index (χ3v) is 13.2. The van der Waals surface area contributed by atoms with E-state index < -0.39 is 5.41 Å². The number of fused-ring (bicyclic) bond motifs is 13. The van der Waals surface area contributed by atoms with Gasteiger partial charge < -0.3 is 0 Å². The predicted octanol–water partition coefficient (Wildman–Crippen LogP) is 13.8. The van der Waals surface area contributed by atoms with E-state index in [4.69, 9.17) is 9.97 Å². The molecule has 58 heavy (non-hydrogen) atoms. The van der Waals surface area contributed by atoms with Crippen LogP contribution in [0.4, 0.5) is 0 Å². The third-order valence-electron chi connectivity index (χ3n) is 12.0. The highest BCUT2D eigenvalue weighted by molar-refractivity contribution is 7.26. The van der Waals surface area contributed by atoms with E-state index >= 15 is 0 Å². The zero-order valence-corrected chi connectivity index (χ0v) is 32.1. The van der Waals surface area contributed by atoms with Crippen molar-refractivity contribution >= 4 is 43.7 Å². The van der Waals surface area contributed by atoms with Crippen LogP contribution in [-0.2, 0) is 5.41 Å². The monoisotopic (exact) mass is 755 g/mol. The lowest BCUT2D eigenvalue weighted by Gasteiger charge is -2.35. The Labute approximate surface area is 340 Å². The fraction of sp³-hybridized carbons (Fsp3) is 0.0185. The molecule has 3 aromatic heterocycles. The highest BCUT2D eigenvalue weighted by Gasteiger charge is 2.49. The second-order valence-electron chi connectivity index (χ2n) is 15.1. The summed E-state index contributed by atoms with van der Waals surface area (Å²) in [7, 11) is 0. The van der Waals surface area contributed by atoms with Crippen LogP contribution in [-0.4, -0.2) is 15.0 Å². The van der Waals surface area contributed by atoms with Gasteiger partial charge in [0.1, 0.15) is 0 Å². The number of hydrogen-bond donors (Lipinski definition) is 0. The van der Waals surface area contributed by atoms with Crippen molar-refractivity contribution in [3.63, 3.8) is 0 Å². The molecule has 1 spiro atoms. The summed E-state index contributed by atoms with van der Waals surface area (Å²) in [4.78, 5) is 14.9. The normalized spacial score (nSPS) is 14.9. The van der Waals surface area contributed by atoms with Gasteiger partial charge in [-0.2, -0.15) is 0 Å². The first-order valence-electron chi connectivity index (χ1n) is 19.7. The zero-order valence-electron chi connectivity index (χ0n) is 31.3. The summed E-state index contributed by atoms with van der Waals surface area (Å²) < 4.78 is 2.66. The molecule has 2 aliphatic carbocycles. The van der Waals surface area contributed by atoms with Crippen LogP contribution in [0, 0.1) is 0 Å². The quantitative estimate of drug-likeness (QED) is 0.180.